The highest BCUT2D eigenvalue weighted by atomic mass is 79.9. The van der Waals surface area contributed by atoms with E-state index in [-0.39, 0.29) is 9.37 Å². The van der Waals surface area contributed by atoms with E-state index < -0.39 is 40.8 Å². The third kappa shape index (κ3) is 6.51. The van der Waals surface area contributed by atoms with Crippen LogP contribution in [0.4, 0.5) is 28.4 Å². The second kappa shape index (κ2) is 7.46. The van der Waals surface area contributed by atoms with E-state index in [2.05, 4.69) is 15.9 Å². The average molecular weight is 440 g/mol. The van der Waals surface area contributed by atoms with E-state index in [9.17, 15) is 22.8 Å². The molecular formula is C17H21BrF3NO4. The predicted molar refractivity (Wildman–Crippen MR) is 94.1 cm³/mol. The van der Waals surface area contributed by atoms with Gasteiger partial charge in [-0.25, -0.2) is 9.59 Å². The monoisotopic (exact) mass is 439 g/mol. The molecule has 1 rings (SSSR count). The van der Waals surface area contributed by atoms with Crippen molar-refractivity contribution in [1.29, 1.82) is 0 Å². The first-order valence-electron chi connectivity index (χ1n) is 7.64. The molecule has 0 aliphatic carbocycles. The van der Waals surface area contributed by atoms with E-state index in [4.69, 9.17) is 9.47 Å². The number of ether oxygens (including phenoxy) is 2. The Morgan fingerprint density at radius 3 is 1.69 bits per heavy atom. The van der Waals surface area contributed by atoms with Crippen LogP contribution in [0, 0.1) is 0 Å². The van der Waals surface area contributed by atoms with Gasteiger partial charge in [0.05, 0.1) is 11.3 Å². The van der Waals surface area contributed by atoms with Crippen LogP contribution in [-0.4, -0.2) is 23.4 Å². The Bertz CT molecular complexity index is 663. The zero-order valence-electron chi connectivity index (χ0n) is 15.3. The molecule has 0 aliphatic rings. The molecule has 0 atom stereocenters. The third-order valence-electron chi connectivity index (χ3n) is 2.66. The normalized spacial score (nSPS) is 12.5. The summed E-state index contributed by atoms with van der Waals surface area (Å²) in [6.07, 6.45) is -7.33. The molecule has 26 heavy (non-hydrogen) atoms. The lowest BCUT2D eigenvalue weighted by Crippen LogP contribution is -2.44. The molecule has 0 saturated carbocycles. The average Bonchev–Trinajstić information content (AvgIpc) is 2.35. The highest BCUT2D eigenvalue weighted by molar-refractivity contribution is 9.10. The van der Waals surface area contributed by atoms with Crippen LogP contribution in [0.3, 0.4) is 0 Å². The number of benzene rings is 1. The Hall–Kier alpha value is -1.77. The van der Waals surface area contributed by atoms with Gasteiger partial charge in [-0.3, -0.25) is 0 Å². The zero-order valence-corrected chi connectivity index (χ0v) is 16.9. The quantitative estimate of drug-likeness (QED) is 0.526. The second-order valence-corrected chi connectivity index (χ2v) is 8.37. The van der Waals surface area contributed by atoms with Crippen LogP contribution in [0.1, 0.15) is 47.1 Å². The number of hydrogen-bond donors (Lipinski definition) is 0. The number of halogens is 4. The van der Waals surface area contributed by atoms with Crippen LogP contribution < -0.4 is 4.90 Å². The summed E-state index contributed by atoms with van der Waals surface area (Å²) >= 11 is 2.96. The smallest absolute Gasteiger partial charge is 0.424 e. The predicted octanol–water partition coefficient (Wildman–Crippen LogP) is 6.14. The number of hydrogen-bond acceptors (Lipinski definition) is 4. The Morgan fingerprint density at radius 1 is 0.923 bits per heavy atom. The van der Waals surface area contributed by atoms with Gasteiger partial charge in [0.2, 0.25) is 0 Å². The van der Waals surface area contributed by atoms with Gasteiger partial charge in [0, 0.05) is 4.47 Å². The van der Waals surface area contributed by atoms with Crippen molar-refractivity contribution in [2.24, 2.45) is 0 Å². The van der Waals surface area contributed by atoms with Gasteiger partial charge in [0.25, 0.3) is 0 Å². The summed E-state index contributed by atoms with van der Waals surface area (Å²) < 4.78 is 50.6. The van der Waals surface area contributed by atoms with Crippen molar-refractivity contribution in [2.75, 3.05) is 4.90 Å². The fourth-order valence-electron chi connectivity index (χ4n) is 1.82. The third-order valence-corrected chi connectivity index (χ3v) is 3.15. The molecular weight excluding hydrogens is 419 g/mol. The first-order chi connectivity index (χ1) is 11.5. The maximum atomic E-state index is 13.4. The highest BCUT2D eigenvalue weighted by Crippen LogP contribution is 2.39. The van der Waals surface area contributed by atoms with Crippen molar-refractivity contribution in [3.8, 4) is 0 Å². The van der Waals surface area contributed by atoms with Crippen LogP contribution in [0.2, 0.25) is 0 Å². The topological polar surface area (TPSA) is 55.8 Å². The summed E-state index contributed by atoms with van der Waals surface area (Å²) in [7, 11) is 0. The second-order valence-electron chi connectivity index (χ2n) is 7.46. The minimum absolute atomic E-state index is 0.141. The van der Waals surface area contributed by atoms with Gasteiger partial charge in [-0.2, -0.15) is 18.1 Å². The van der Waals surface area contributed by atoms with E-state index in [1.165, 1.54) is 47.6 Å². The molecule has 1 aromatic rings. The molecule has 0 N–H and O–H groups in total. The molecule has 0 fully saturated rings. The number of carbonyl (C=O) groups is 2. The molecule has 2 amide bonds. The molecule has 0 bridgehead atoms. The molecule has 0 radical (unpaired) electrons. The van der Waals surface area contributed by atoms with Crippen LogP contribution in [0.15, 0.2) is 22.7 Å². The van der Waals surface area contributed by atoms with E-state index in [0.29, 0.717) is 0 Å². The number of alkyl halides is 3. The molecule has 5 nitrogen and oxygen atoms in total. The van der Waals surface area contributed by atoms with Crippen molar-refractivity contribution in [2.45, 2.75) is 58.9 Å². The summed E-state index contributed by atoms with van der Waals surface area (Å²) in [6.45, 7) is 9.19. The number of imide groups is 1. The van der Waals surface area contributed by atoms with Crippen LogP contribution in [0.5, 0.6) is 0 Å². The molecule has 0 aliphatic heterocycles. The minimum Gasteiger partial charge on any atom is -0.443 e. The molecule has 0 unspecified atom stereocenters. The number of rotatable bonds is 1. The minimum atomic E-state index is -4.80. The van der Waals surface area contributed by atoms with Gasteiger partial charge in [0.15, 0.2) is 0 Å². The summed E-state index contributed by atoms with van der Waals surface area (Å²) in [5.41, 5.74) is -3.90. The fourth-order valence-corrected chi connectivity index (χ4v) is 2.18. The largest absolute Gasteiger partial charge is 0.443 e. The summed E-state index contributed by atoms with van der Waals surface area (Å²) in [4.78, 5) is 25.2. The fraction of sp³-hybridized carbons (Fsp3) is 0.529. The van der Waals surface area contributed by atoms with E-state index >= 15 is 0 Å². The van der Waals surface area contributed by atoms with Crippen molar-refractivity contribution in [1.82, 2.24) is 0 Å². The Labute approximate surface area is 158 Å². The van der Waals surface area contributed by atoms with Gasteiger partial charge in [-0.05, 0) is 59.7 Å². The molecule has 0 aromatic heterocycles. The molecule has 0 heterocycles. The van der Waals surface area contributed by atoms with Crippen molar-refractivity contribution >= 4 is 33.8 Å². The molecule has 9 heteroatoms. The lowest BCUT2D eigenvalue weighted by atomic mass is 10.1. The van der Waals surface area contributed by atoms with Gasteiger partial charge in [-0.1, -0.05) is 15.9 Å². The first-order valence-corrected chi connectivity index (χ1v) is 8.43. The van der Waals surface area contributed by atoms with Crippen LogP contribution in [-0.2, 0) is 15.7 Å². The standard InChI is InChI=1S/C17H21BrF3NO4/c1-15(2,3)25-13(23)22(14(24)26-16(4,5)6)12-8-7-10(18)9-11(12)17(19,20)21/h7-9H,1-6H3. The summed E-state index contributed by atoms with van der Waals surface area (Å²) in [5, 5.41) is 0. The first kappa shape index (κ1) is 22.3. The number of amides is 2. The number of anilines is 1. The maximum Gasteiger partial charge on any atom is 0.424 e. The van der Waals surface area contributed by atoms with Crippen molar-refractivity contribution in [3.05, 3.63) is 28.2 Å². The van der Waals surface area contributed by atoms with E-state index in [1.54, 1.807) is 0 Å². The zero-order chi connectivity index (χ0) is 20.5. The van der Waals surface area contributed by atoms with Crippen LogP contribution in [0.25, 0.3) is 0 Å². The van der Waals surface area contributed by atoms with Gasteiger partial charge in [-0.15, -0.1) is 0 Å². The lowest BCUT2D eigenvalue weighted by molar-refractivity contribution is -0.137. The molecule has 0 spiro atoms. The Kier molecular flexibility index (Phi) is 6.39. The van der Waals surface area contributed by atoms with Gasteiger partial charge >= 0.3 is 18.4 Å². The Morgan fingerprint density at radius 2 is 1.35 bits per heavy atom. The van der Waals surface area contributed by atoms with E-state index in [1.807, 2.05) is 0 Å². The number of nitrogens with zero attached hydrogens (tertiary/aromatic N) is 1. The molecule has 146 valence electrons. The summed E-state index contributed by atoms with van der Waals surface area (Å²) in [6, 6.07) is 3.06. The van der Waals surface area contributed by atoms with Crippen molar-refractivity contribution in [3.63, 3.8) is 0 Å². The molecule has 0 saturated heterocycles. The van der Waals surface area contributed by atoms with Gasteiger partial charge in [0.1, 0.15) is 11.2 Å². The van der Waals surface area contributed by atoms with Gasteiger partial charge < -0.3 is 9.47 Å². The highest BCUT2D eigenvalue weighted by Gasteiger charge is 2.41. The lowest BCUT2D eigenvalue weighted by Gasteiger charge is -2.29. The van der Waals surface area contributed by atoms with E-state index in [0.717, 1.165) is 12.1 Å². The molecule has 1 aromatic carbocycles. The summed E-state index contributed by atoms with van der Waals surface area (Å²) in [5.74, 6) is 0. The Balaban J connectivity index is 3.51. The number of carbonyl (C=O) groups excluding carboxylic acids is 2. The van der Waals surface area contributed by atoms with Crippen molar-refractivity contribution < 1.29 is 32.2 Å². The maximum absolute atomic E-state index is 13.4. The SMILES string of the molecule is CC(C)(C)OC(=O)N(C(=O)OC(C)(C)C)c1ccc(Br)cc1C(F)(F)F. The van der Waals surface area contributed by atoms with Crippen LogP contribution >= 0.6 is 15.9 Å².